The zero-order valence-corrected chi connectivity index (χ0v) is 19.6. The van der Waals surface area contributed by atoms with Gasteiger partial charge in [-0.2, -0.15) is 5.26 Å². The molecule has 1 unspecified atom stereocenters. The summed E-state index contributed by atoms with van der Waals surface area (Å²) in [6.07, 6.45) is 6.48. The van der Waals surface area contributed by atoms with E-state index in [1.807, 2.05) is 51.7 Å². The van der Waals surface area contributed by atoms with Crippen molar-refractivity contribution in [2.75, 3.05) is 0 Å². The van der Waals surface area contributed by atoms with Crippen molar-refractivity contribution in [2.24, 2.45) is 16.1 Å². The second kappa shape index (κ2) is 8.07. The minimum atomic E-state index is -0.953. The van der Waals surface area contributed by atoms with Gasteiger partial charge in [-0.05, 0) is 58.1 Å². The number of carbonyl (C=O) groups is 1. The molecule has 1 aromatic rings. The first-order chi connectivity index (χ1) is 14.1. The number of nitrogens with zero attached hydrogens (tertiary/aromatic N) is 4. The van der Waals surface area contributed by atoms with E-state index < -0.39 is 17.0 Å². The van der Waals surface area contributed by atoms with E-state index in [0.717, 1.165) is 5.56 Å². The van der Waals surface area contributed by atoms with Crippen molar-refractivity contribution in [3.8, 4) is 18.4 Å². The normalized spacial score (nSPS) is 17.5. The molecule has 0 fully saturated rings. The minimum absolute atomic E-state index is 0.165. The Hall–Kier alpha value is -3.32. The first-order valence-corrected chi connectivity index (χ1v) is 10.1. The highest BCUT2D eigenvalue weighted by molar-refractivity contribution is 6.06. The molecule has 2 N–H and O–H groups in total. The summed E-state index contributed by atoms with van der Waals surface area (Å²) in [7, 11) is 0. The second-order valence-electron chi connectivity index (χ2n) is 10.2. The second-order valence-corrected chi connectivity index (χ2v) is 10.2. The van der Waals surface area contributed by atoms with E-state index in [9.17, 15) is 10.1 Å². The topological polar surface area (TPSA) is 105 Å². The van der Waals surface area contributed by atoms with Crippen LogP contribution in [0.1, 0.15) is 66.6 Å². The molecule has 0 aromatic carbocycles. The highest BCUT2D eigenvalue weighted by Gasteiger charge is 2.46. The van der Waals surface area contributed by atoms with E-state index in [1.54, 1.807) is 6.20 Å². The van der Waals surface area contributed by atoms with Gasteiger partial charge in [-0.25, -0.2) is 9.79 Å². The van der Waals surface area contributed by atoms with Crippen molar-refractivity contribution < 1.29 is 9.53 Å². The molecule has 1 aliphatic rings. The predicted molar refractivity (Wildman–Crippen MR) is 121 cm³/mol. The summed E-state index contributed by atoms with van der Waals surface area (Å²) >= 11 is 0. The number of carbonyl (C=O) groups excluding carboxylic acids is 1. The number of hydrogen-bond donors (Lipinski definition) is 1. The van der Waals surface area contributed by atoms with Gasteiger partial charge in [0.15, 0.2) is 5.70 Å². The zero-order chi connectivity index (χ0) is 23.8. The Kier molecular flexibility index (Phi) is 6.24. The first kappa shape index (κ1) is 24.0. The Balaban J connectivity index is 2.87. The number of primary amides is 1. The van der Waals surface area contributed by atoms with Crippen LogP contribution >= 0.6 is 0 Å². The molecule has 1 aromatic heterocycles. The van der Waals surface area contributed by atoms with Crippen molar-refractivity contribution in [3.63, 3.8) is 0 Å². The van der Waals surface area contributed by atoms with Crippen LogP contribution in [0.3, 0.4) is 0 Å². The van der Waals surface area contributed by atoms with Gasteiger partial charge in [-0.1, -0.05) is 20.8 Å². The van der Waals surface area contributed by atoms with Gasteiger partial charge in [-0.3, -0.25) is 4.98 Å². The van der Waals surface area contributed by atoms with Crippen LogP contribution in [0.15, 0.2) is 34.9 Å². The smallest absolute Gasteiger partial charge is 0.390 e. The monoisotopic (exact) mass is 421 g/mol. The van der Waals surface area contributed by atoms with E-state index in [2.05, 4.69) is 37.7 Å². The van der Waals surface area contributed by atoms with Gasteiger partial charge in [0.2, 0.25) is 5.88 Å². The fourth-order valence-corrected chi connectivity index (χ4v) is 3.57. The van der Waals surface area contributed by atoms with Gasteiger partial charge in [-0.15, -0.1) is 6.42 Å². The number of terminal acetylenes is 1. The molecule has 31 heavy (non-hydrogen) atoms. The lowest BCUT2D eigenvalue weighted by atomic mass is 9.77. The maximum absolute atomic E-state index is 11.7. The molecule has 0 radical (unpaired) electrons. The number of ether oxygens (including phenoxy) is 1. The fourth-order valence-electron chi connectivity index (χ4n) is 3.57. The molecule has 0 spiro atoms. The summed E-state index contributed by atoms with van der Waals surface area (Å²) in [6.45, 7) is 15.9. The van der Waals surface area contributed by atoms with Crippen LogP contribution < -0.4 is 5.73 Å². The fraction of sp³-hybridized carbons (Fsp3) is 0.500. The number of nitrogens with two attached hydrogens (primary N) is 1. The maximum atomic E-state index is 11.7. The Labute approximate surface area is 185 Å². The van der Waals surface area contributed by atoms with Gasteiger partial charge in [0.1, 0.15) is 0 Å². The molecule has 164 valence electrons. The van der Waals surface area contributed by atoms with Crippen LogP contribution in [-0.4, -0.2) is 33.3 Å². The quantitative estimate of drug-likeness (QED) is 0.740. The predicted octanol–water partition coefficient (Wildman–Crippen LogP) is 4.10. The van der Waals surface area contributed by atoms with Crippen molar-refractivity contribution in [3.05, 3.63) is 41.2 Å². The summed E-state index contributed by atoms with van der Waals surface area (Å²) < 4.78 is 5.38. The summed E-state index contributed by atoms with van der Waals surface area (Å²) in [6, 6.07) is 5.70. The number of pyridine rings is 1. The zero-order valence-electron chi connectivity index (χ0n) is 19.6. The average molecular weight is 422 g/mol. The summed E-state index contributed by atoms with van der Waals surface area (Å²) in [5, 5.41) is 9.55. The molecule has 1 amide bonds. The summed E-state index contributed by atoms with van der Waals surface area (Å²) in [4.78, 5) is 22.8. The molecular weight excluding hydrogens is 390 g/mol. The Morgan fingerprint density at radius 2 is 1.84 bits per heavy atom. The molecule has 2 heterocycles. The largest absolute Gasteiger partial charge is 0.411 e. The highest BCUT2D eigenvalue weighted by atomic mass is 16.6. The van der Waals surface area contributed by atoms with Gasteiger partial charge >= 0.3 is 6.09 Å². The van der Waals surface area contributed by atoms with Crippen LogP contribution in [0.2, 0.25) is 0 Å². The van der Waals surface area contributed by atoms with E-state index in [0.29, 0.717) is 11.4 Å². The number of amides is 1. The third-order valence-electron chi connectivity index (χ3n) is 5.02. The molecular formula is C24H31N5O2. The van der Waals surface area contributed by atoms with Gasteiger partial charge < -0.3 is 15.4 Å². The van der Waals surface area contributed by atoms with Crippen molar-refractivity contribution in [1.82, 2.24) is 9.88 Å². The van der Waals surface area contributed by atoms with Crippen LogP contribution in [-0.2, 0) is 10.2 Å². The SMILES string of the molecule is C#CC1=C(OC(N)=O)N(C(C)(C)C)C(C(C)(C)C)C(c2ccnc(C(C)(C)C#N)c2)=N1. The standard InChI is InChI=1S/C24H31N5O2/c1-10-16-20(31-21(26)30)29(23(5,6)7)19(22(2,3)4)18(28-16)15-11-12-27-17(13-15)24(8,9)14-25/h1,11-13,19H,2-9H3,(H2,26,30). The molecule has 1 atom stereocenters. The van der Waals surface area contributed by atoms with Crippen LogP contribution in [0.4, 0.5) is 4.79 Å². The number of aromatic nitrogens is 1. The van der Waals surface area contributed by atoms with E-state index in [1.165, 1.54) is 0 Å². The van der Waals surface area contributed by atoms with Gasteiger partial charge in [0.25, 0.3) is 0 Å². The molecule has 7 heteroatoms. The van der Waals surface area contributed by atoms with Crippen LogP contribution in [0.25, 0.3) is 0 Å². The Morgan fingerprint density at radius 1 is 1.23 bits per heavy atom. The number of nitriles is 1. The van der Waals surface area contributed by atoms with Crippen LogP contribution in [0, 0.1) is 29.1 Å². The van der Waals surface area contributed by atoms with E-state index in [-0.39, 0.29) is 23.0 Å². The Bertz CT molecular complexity index is 1020. The van der Waals surface area contributed by atoms with Crippen molar-refractivity contribution in [2.45, 2.75) is 72.4 Å². The lowest BCUT2D eigenvalue weighted by Crippen LogP contribution is -2.58. The van der Waals surface area contributed by atoms with E-state index >= 15 is 0 Å². The van der Waals surface area contributed by atoms with Crippen molar-refractivity contribution >= 4 is 11.8 Å². The average Bonchev–Trinajstić information content (AvgIpc) is 2.65. The van der Waals surface area contributed by atoms with Crippen molar-refractivity contribution in [1.29, 1.82) is 5.26 Å². The number of hydrogen-bond acceptors (Lipinski definition) is 6. The number of allylic oxidation sites excluding steroid dienone is 1. The molecule has 0 aliphatic carbocycles. The minimum Gasteiger partial charge on any atom is -0.390 e. The number of aliphatic imine (C=N–C) groups is 1. The lowest BCUT2D eigenvalue weighted by Gasteiger charge is -2.50. The first-order valence-electron chi connectivity index (χ1n) is 10.1. The van der Waals surface area contributed by atoms with Crippen LogP contribution in [0.5, 0.6) is 0 Å². The highest BCUT2D eigenvalue weighted by Crippen LogP contribution is 2.40. The summed E-state index contributed by atoms with van der Waals surface area (Å²) in [5.41, 5.74) is 6.11. The Morgan fingerprint density at radius 3 is 2.29 bits per heavy atom. The van der Waals surface area contributed by atoms with Gasteiger partial charge in [0.05, 0.1) is 28.9 Å². The van der Waals surface area contributed by atoms with Gasteiger partial charge in [0, 0.05) is 17.3 Å². The maximum Gasteiger partial charge on any atom is 0.411 e. The lowest BCUT2D eigenvalue weighted by molar-refractivity contribution is 0.0315. The summed E-state index contributed by atoms with van der Waals surface area (Å²) in [5.74, 6) is 2.70. The van der Waals surface area contributed by atoms with E-state index in [4.69, 9.17) is 21.9 Å². The third-order valence-corrected chi connectivity index (χ3v) is 5.02. The molecule has 0 saturated heterocycles. The molecule has 7 nitrogen and oxygen atoms in total. The molecule has 1 aliphatic heterocycles. The third kappa shape index (κ3) is 4.88. The number of rotatable bonds is 3. The molecule has 0 bridgehead atoms. The molecule has 0 saturated carbocycles. The molecule has 2 rings (SSSR count).